The molecule has 1 fully saturated rings. The Morgan fingerprint density at radius 1 is 1.19 bits per heavy atom. The Morgan fingerprint density at radius 3 is 2.56 bits per heavy atom. The lowest BCUT2D eigenvalue weighted by Gasteiger charge is -2.32. The summed E-state index contributed by atoms with van der Waals surface area (Å²) in [6, 6.07) is 10.2. The summed E-state index contributed by atoms with van der Waals surface area (Å²) in [6.45, 7) is 0. The van der Waals surface area contributed by atoms with Gasteiger partial charge in [0.1, 0.15) is 0 Å². The fourth-order valence-corrected chi connectivity index (χ4v) is 2.59. The third-order valence-corrected chi connectivity index (χ3v) is 3.32. The van der Waals surface area contributed by atoms with Gasteiger partial charge < -0.3 is 11.1 Å². The number of nitrogens with two attached hydrogens (primary N) is 1. The summed E-state index contributed by atoms with van der Waals surface area (Å²) in [6.07, 6.45) is 4.57. The van der Waals surface area contributed by atoms with E-state index < -0.39 is 6.03 Å². The molecule has 16 heavy (non-hydrogen) atoms. The van der Waals surface area contributed by atoms with Crippen molar-refractivity contribution in [3.8, 4) is 0 Å². The van der Waals surface area contributed by atoms with Crippen LogP contribution in [0.3, 0.4) is 0 Å². The molecular formula is C13H18N2O. The molecule has 0 radical (unpaired) electrons. The molecule has 2 atom stereocenters. The van der Waals surface area contributed by atoms with Crippen LogP contribution in [-0.2, 0) is 0 Å². The zero-order chi connectivity index (χ0) is 11.4. The molecule has 1 aromatic carbocycles. The molecule has 1 aliphatic carbocycles. The number of primary amides is 1. The van der Waals surface area contributed by atoms with Gasteiger partial charge in [-0.1, -0.05) is 43.2 Å². The minimum atomic E-state index is -0.409. The maximum absolute atomic E-state index is 11.0. The molecule has 2 rings (SSSR count). The molecule has 86 valence electrons. The number of hydrogen-bond donors (Lipinski definition) is 2. The summed E-state index contributed by atoms with van der Waals surface area (Å²) in [5.41, 5.74) is 6.52. The summed E-state index contributed by atoms with van der Waals surface area (Å²) >= 11 is 0. The second-order valence-corrected chi connectivity index (χ2v) is 4.42. The molecule has 3 N–H and O–H groups in total. The van der Waals surface area contributed by atoms with Gasteiger partial charge in [-0.25, -0.2) is 4.79 Å². The van der Waals surface area contributed by atoms with E-state index in [0.29, 0.717) is 5.92 Å². The van der Waals surface area contributed by atoms with E-state index in [-0.39, 0.29) is 6.04 Å². The van der Waals surface area contributed by atoms with E-state index in [9.17, 15) is 4.79 Å². The Kier molecular flexibility index (Phi) is 3.44. The lowest BCUT2D eigenvalue weighted by molar-refractivity contribution is 0.237. The van der Waals surface area contributed by atoms with Crippen molar-refractivity contribution in [3.63, 3.8) is 0 Å². The van der Waals surface area contributed by atoms with Crippen LogP contribution in [0.1, 0.15) is 37.2 Å². The van der Waals surface area contributed by atoms with Gasteiger partial charge in [0.25, 0.3) is 0 Å². The summed E-state index contributed by atoms with van der Waals surface area (Å²) < 4.78 is 0. The molecule has 0 saturated heterocycles. The number of carbonyl (C=O) groups excluding carboxylic acids is 1. The van der Waals surface area contributed by atoms with Crippen LogP contribution in [0.2, 0.25) is 0 Å². The minimum absolute atomic E-state index is 0.202. The molecule has 3 heteroatoms. The van der Waals surface area contributed by atoms with Crippen LogP contribution in [0, 0.1) is 0 Å². The Hall–Kier alpha value is -1.51. The summed E-state index contributed by atoms with van der Waals surface area (Å²) in [5, 5.41) is 2.87. The molecule has 1 unspecified atom stereocenters. The maximum atomic E-state index is 11.0. The summed E-state index contributed by atoms with van der Waals surface area (Å²) in [7, 11) is 0. The molecule has 1 saturated carbocycles. The fraction of sp³-hybridized carbons (Fsp3) is 0.462. The van der Waals surface area contributed by atoms with Crippen LogP contribution in [0.4, 0.5) is 4.79 Å². The normalized spacial score (nSPS) is 25.0. The van der Waals surface area contributed by atoms with Gasteiger partial charge >= 0.3 is 6.03 Å². The van der Waals surface area contributed by atoms with Crippen molar-refractivity contribution in [2.24, 2.45) is 5.73 Å². The van der Waals surface area contributed by atoms with E-state index in [2.05, 4.69) is 17.4 Å². The molecule has 0 heterocycles. The molecule has 1 aliphatic rings. The molecule has 3 nitrogen and oxygen atoms in total. The van der Waals surface area contributed by atoms with Gasteiger partial charge in [0.05, 0.1) is 0 Å². The van der Waals surface area contributed by atoms with Gasteiger partial charge in [-0.05, 0) is 18.4 Å². The number of urea groups is 1. The van der Waals surface area contributed by atoms with Gasteiger partial charge in [-0.15, -0.1) is 0 Å². The molecule has 0 spiro atoms. The lowest BCUT2D eigenvalue weighted by Crippen LogP contribution is -2.43. The molecule has 2 amide bonds. The lowest BCUT2D eigenvalue weighted by atomic mass is 9.80. The maximum Gasteiger partial charge on any atom is 0.312 e. The van der Waals surface area contributed by atoms with Gasteiger partial charge in [0.2, 0.25) is 0 Å². The van der Waals surface area contributed by atoms with Crippen LogP contribution < -0.4 is 11.1 Å². The van der Waals surface area contributed by atoms with Crippen molar-refractivity contribution in [2.75, 3.05) is 0 Å². The van der Waals surface area contributed by atoms with Gasteiger partial charge in [0, 0.05) is 12.0 Å². The highest BCUT2D eigenvalue weighted by atomic mass is 16.2. The Morgan fingerprint density at radius 2 is 1.88 bits per heavy atom. The third kappa shape index (κ3) is 2.54. The van der Waals surface area contributed by atoms with Crippen LogP contribution in [0.5, 0.6) is 0 Å². The van der Waals surface area contributed by atoms with Crippen molar-refractivity contribution in [1.29, 1.82) is 0 Å². The smallest absolute Gasteiger partial charge is 0.312 e. The second kappa shape index (κ2) is 5.01. The van der Waals surface area contributed by atoms with Crippen LogP contribution in [-0.4, -0.2) is 12.1 Å². The summed E-state index contributed by atoms with van der Waals surface area (Å²) in [5.74, 6) is 0.419. The van der Waals surface area contributed by atoms with Gasteiger partial charge in [-0.2, -0.15) is 0 Å². The average molecular weight is 218 g/mol. The van der Waals surface area contributed by atoms with Crippen molar-refractivity contribution in [3.05, 3.63) is 35.9 Å². The molecule has 1 aromatic rings. The van der Waals surface area contributed by atoms with E-state index in [1.165, 1.54) is 18.4 Å². The van der Waals surface area contributed by atoms with E-state index in [0.717, 1.165) is 12.8 Å². The highest BCUT2D eigenvalue weighted by Gasteiger charge is 2.26. The number of nitrogens with one attached hydrogen (secondary N) is 1. The number of hydrogen-bond acceptors (Lipinski definition) is 1. The predicted octanol–water partition coefficient (Wildman–Crippen LogP) is 2.38. The van der Waals surface area contributed by atoms with Gasteiger partial charge in [-0.3, -0.25) is 0 Å². The highest BCUT2D eigenvalue weighted by molar-refractivity contribution is 5.72. The predicted molar refractivity (Wildman–Crippen MR) is 64.2 cm³/mol. The van der Waals surface area contributed by atoms with E-state index in [1.807, 2.05) is 18.2 Å². The zero-order valence-corrected chi connectivity index (χ0v) is 9.36. The third-order valence-electron chi connectivity index (χ3n) is 3.32. The van der Waals surface area contributed by atoms with Crippen LogP contribution in [0.25, 0.3) is 0 Å². The van der Waals surface area contributed by atoms with Crippen molar-refractivity contribution < 1.29 is 4.79 Å². The Labute approximate surface area is 96.0 Å². The Balaban J connectivity index is 2.13. The largest absolute Gasteiger partial charge is 0.352 e. The average Bonchev–Trinajstić information content (AvgIpc) is 2.30. The Bertz CT molecular complexity index is 350. The first-order chi connectivity index (χ1) is 7.77. The quantitative estimate of drug-likeness (QED) is 0.786. The topological polar surface area (TPSA) is 55.1 Å². The second-order valence-electron chi connectivity index (χ2n) is 4.42. The molecule has 0 aliphatic heterocycles. The molecule has 0 aromatic heterocycles. The van der Waals surface area contributed by atoms with Crippen LogP contribution in [0.15, 0.2) is 30.3 Å². The summed E-state index contributed by atoms with van der Waals surface area (Å²) in [4.78, 5) is 11.0. The zero-order valence-electron chi connectivity index (χ0n) is 9.36. The number of rotatable bonds is 2. The van der Waals surface area contributed by atoms with Gasteiger partial charge in [0.15, 0.2) is 0 Å². The first-order valence-electron chi connectivity index (χ1n) is 5.88. The van der Waals surface area contributed by atoms with E-state index >= 15 is 0 Å². The first-order valence-corrected chi connectivity index (χ1v) is 5.88. The minimum Gasteiger partial charge on any atom is -0.352 e. The fourth-order valence-electron chi connectivity index (χ4n) is 2.59. The van der Waals surface area contributed by atoms with Crippen molar-refractivity contribution >= 4 is 6.03 Å². The SMILES string of the molecule is NC(=O)NC1CCCC[C@H]1c1ccccc1. The highest BCUT2D eigenvalue weighted by Crippen LogP contribution is 2.32. The number of benzene rings is 1. The van der Waals surface area contributed by atoms with Crippen LogP contribution >= 0.6 is 0 Å². The molecular weight excluding hydrogens is 200 g/mol. The van der Waals surface area contributed by atoms with E-state index in [4.69, 9.17) is 5.73 Å². The van der Waals surface area contributed by atoms with Crippen molar-refractivity contribution in [2.45, 2.75) is 37.6 Å². The number of carbonyl (C=O) groups is 1. The van der Waals surface area contributed by atoms with Crippen molar-refractivity contribution in [1.82, 2.24) is 5.32 Å². The standard InChI is InChI=1S/C13H18N2O/c14-13(16)15-12-9-5-4-8-11(12)10-6-2-1-3-7-10/h1-3,6-7,11-12H,4-5,8-9H2,(H3,14,15,16)/t11-,12?/m0/s1. The first kappa shape index (κ1) is 11.0. The monoisotopic (exact) mass is 218 g/mol. The van der Waals surface area contributed by atoms with E-state index in [1.54, 1.807) is 0 Å². The number of amides is 2. The molecule has 0 bridgehead atoms.